The molecule has 1 aromatic carbocycles. The first-order chi connectivity index (χ1) is 6.34. The van der Waals surface area contributed by atoms with Gasteiger partial charge in [-0.1, -0.05) is 29.3 Å². The fourth-order valence-electron chi connectivity index (χ4n) is 1.09. The molecule has 0 heterocycles. The van der Waals surface area contributed by atoms with Gasteiger partial charge >= 0.3 is 6.18 Å². The smallest absolute Gasteiger partial charge is 0.170 e. The topological polar surface area (TPSA) is 0 Å². The van der Waals surface area contributed by atoms with E-state index in [0.717, 1.165) is 6.92 Å². The molecule has 0 saturated heterocycles. The van der Waals surface area contributed by atoms with E-state index in [4.69, 9.17) is 23.2 Å². The Balaban J connectivity index is 3.19. The Labute approximate surface area is 89.6 Å². The molecule has 0 saturated carbocycles. The molecule has 1 rings (SSSR count). The molecule has 0 N–H and O–H groups in total. The molecule has 0 aliphatic heterocycles. The van der Waals surface area contributed by atoms with Gasteiger partial charge in [0.25, 0.3) is 0 Å². The molecule has 0 aromatic heterocycles. The average molecular weight is 243 g/mol. The zero-order chi connectivity index (χ0) is 10.9. The predicted molar refractivity (Wildman–Crippen MR) is 50.9 cm³/mol. The minimum absolute atomic E-state index is 0.0438. The second kappa shape index (κ2) is 3.99. The van der Waals surface area contributed by atoms with Crippen molar-refractivity contribution in [2.75, 3.05) is 0 Å². The van der Waals surface area contributed by atoms with Crippen LogP contribution in [-0.4, -0.2) is 6.18 Å². The number of hydrogen-bond donors (Lipinski definition) is 0. The van der Waals surface area contributed by atoms with Crippen LogP contribution in [0.4, 0.5) is 13.2 Å². The van der Waals surface area contributed by atoms with E-state index in [-0.39, 0.29) is 15.6 Å². The molecule has 1 aromatic rings. The number of alkyl halides is 3. The predicted octanol–water partition coefficient (Wildman–Crippen LogP) is 4.66. The van der Waals surface area contributed by atoms with Crippen LogP contribution in [0, 0.1) is 0 Å². The molecule has 0 nitrogen and oxygen atoms in total. The number of rotatable bonds is 1. The minimum Gasteiger partial charge on any atom is -0.170 e. The van der Waals surface area contributed by atoms with Crippen molar-refractivity contribution >= 4 is 23.2 Å². The molecule has 78 valence electrons. The summed E-state index contributed by atoms with van der Waals surface area (Å²) in [5.41, 5.74) is -0.0664. The average Bonchev–Trinajstić information content (AvgIpc) is 2.01. The Bertz CT molecular complexity index is 313. The Morgan fingerprint density at radius 1 is 1.14 bits per heavy atom. The van der Waals surface area contributed by atoms with Crippen molar-refractivity contribution in [3.8, 4) is 0 Å². The van der Waals surface area contributed by atoms with Crippen LogP contribution in [0.2, 0.25) is 10.0 Å². The molecule has 1 unspecified atom stereocenters. The molecular formula is C9H7Cl2F3. The van der Waals surface area contributed by atoms with Crippen molar-refractivity contribution in [1.82, 2.24) is 0 Å². The van der Waals surface area contributed by atoms with Crippen molar-refractivity contribution in [2.45, 2.75) is 19.0 Å². The molecule has 14 heavy (non-hydrogen) atoms. The van der Waals surface area contributed by atoms with Crippen molar-refractivity contribution in [3.63, 3.8) is 0 Å². The van der Waals surface area contributed by atoms with Gasteiger partial charge in [0, 0.05) is 15.6 Å². The van der Waals surface area contributed by atoms with Gasteiger partial charge in [0.1, 0.15) is 0 Å². The van der Waals surface area contributed by atoms with E-state index in [1.807, 2.05) is 0 Å². The lowest BCUT2D eigenvalue weighted by Crippen LogP contribution is -2.18. The molecule has 0 spiro atoms. The lowest BCUT2D eigenvalue weighted by Gasteiger charge is -2.18. The van der Waals surface area contributed by atoms with E-state index in [0.29, 0.717) is 0 Å². The Kier molecular flexibility index (Phi) is 3.32. The summed E-state index contributed by atoms with van der Waals surface area (Å²) in [7, 11) is 0. The van der Waals surface area contributed by atoms with Crippen molar-refractivity contribution in [1.29, 1.82) is 0 Å². The van der Waals surface area contributed by atoms with Crippen molar-refractivity contribution in [3.05, 3.63) is 33.8 Å². The molecule has 0 aliphatic carbocycles. The van der Waals surface area contributed by atoms with Gasteiger partial charge in [0.05, 0.1) is 5.92 Å². The van der Waals surface area contributed by atoms with Gasteiger partial charge in [-0.25, -0.2) is 0 Å². The largest absolute Gasteiger partial charge is 0.395 e. The van der Waals surface area contributed by atoms with Crippen LogP contribution < -0.4 is 0 Å². The Morgan fingerprint density at radius 2 is 1.57 bits per heavy atom. The molecular weight excluding hydrogens is 236 g/mol. The maximum atomic E-state index is 12.4. The van der Waals surface area contributed by atoms with Gasteiger partial charge in [-0.3, -0.25) is 0 Å². The number of halogens is 5. The van der Waals surface area contributed by atoms with E-state index in [1.165, 1.54) is 18.2 Å². The first-order valence-electron chi connectivity index (χ1n) is 3.84. The van der Waals surface area contributed by atoms with E-state index < -0.39 is 12.1 Å². The summed E-state index contributed by atoms with van der Waals surface area (Å²) in [6.45, 7) is 1.03. The Hall–Kier alpha value is -0.410. The van der Waals surface area contributed by atoms with Crippen LogP contribution in [0.5, 0.6) is 0 Å². The monoisotopic (exact) mass is 242 g/mol. The van der Waals surface area contributed by atoms with E-state index >= 15 is 0 Å². The maximum absolute atomic E-state index is 12.4. The normalized spacial score (nSPS) is 14.1. The Morgan fingerprint density at radius 3 is 1.93 bits per heavy atom. The molecule has 0 fully saturated rings. The molecule has 5 heteroatoms. The second-order valence-corrected chi connectivity index (χ2v) is 3.71. The van der Waals surface area contributed by atoms with Crippen molar-refractivity contribution < 1.29 is 13.2 Å². The second-order valence-electron chi connectivity index (χ2n) is 2.90. The van der Waals surface area contributed by atoms with Gasteiger partial charge in [-0.2, -0.15) is 13.2 Å². The molecule has 0 amide bonds. The van der Waals surface area contributed by atoms with Crippen molar-refractivity contribution in [2.24, 2.45) is 0 Å². The summed E-state index contributed by atoms with van der Waals surface area (Å²) in [5, 5.41) is 0.0876. The lowest BCUT2D eigenvalue weighted by molar-refractivity contribution is -0.146. The highest BCUT2D eigenvalue weighted by Crippen LogP contribution is 2.40. The SMILES string of the molecule is CC(c1c(Cl)cccc1Cl)C(F)(F)F. The summed E-state index contributed by atoms with van der Waals surface area (Å²) in [5.74, 6) is -1.65. The van der Waals surface area contributed by atoms with Crippen LogP contribution in [0.15, 0.2) is 18.2 Å². The summed E-state index contributed by atoms with van der Waals surface area (Å²) in [6, 6.07) is 4.30. The maximum Gasteiger partial charge on any atom is 0.395 e. The zero-order valence-corrected chi connectivity index (χ0v) is 8.71. The first kappa shape index (κ1) is 11.7. The van der Waals surface area contributed by atoms with Crippen LogP contribution in [0.3, 0.4) is 0 Å². The third-order valence-corrected chi connectivity index (χ3v) is 2.58. The van der Waals surface area contributed by atoms with Gasteiger partial charge in [-0.15, -0.1) is 0 Å². The minimum atomic E-state index is -4.32. The van der Waals surface area contributed by atoms with Gasteiger partial charge < -0.3 is 0 Å². The highest BCUT2D eigenvalue weighted by molar-refractivity contribution is 6.36. The summed E-state index contributed by atoms with van der Waals surface area (Å²) < 4.78 is 37.1. The van der Waals surface area contributed by atoms with Gasteiger partial charge in [0.15, 0.2) is 0 Å². The van der Waals surface area contributed by atoms with E-state index in [2.05, 4.69) is 0 Å². The van der Waals surface area contributed by atoms with E-state index in [9.17, 15) is 13.2 Å². The van der Waals surface area contributed by atoms with E-state index in [1.54, 1.807) is 0 Å². The standard InChI is InChI=1S/C9H7Cl2F3/c1-5(9(12,13)14)8-6(10)3-2-4-7(8)11/h2-5H,1H3. The van der Waals surface area contributed by atoms with Gasteiger partial charge in [-0.05, 0) is 19.1 Å². The van der Waals surface area contributed by atoms with Crippen LogP contribution in [-0.2, 0) is 0 Å². The number of hydrogen-bond acceptors (Lipinski definition) is 0. The molecule has 0 radical (unpaired) electrons. The summed E-state index contributed by atoms with van der Waals surface area (Å²) in [4.78, 5) is 0. The van der Waals surface area contributed by atoms with Crippen LogP contribution in [0.25, 0.3) is 0 Å². The van der Waals surface area contributed by atoms with Gasteiger partial charge in [0.2, 0.25) is 0 Å². The lowest BCUT2D eigenvalue weighted by atomic mass is 10.0. The first-order valence-corrected chi connectivity index (χ1v) is 4.60. The molecule has 0 aliphatic rings. The fraction of sp³-hybridized carbons (Fsp3) is 0.333. The van der Waals surface area contributed by atoms with Crippen LogP contribution in [0.1, 0.15) is 18.4 Å². The molecule has 1 atom stereocenters. The fourth-order valence-corrected chi connectivity index (χ4v) is 1.81. The number of benzene rings is 1. The summed E-state index contributed by atoms with van der Waals surface area (Å²) >= 11 is 11.3. The third-order valence-electron chi connectivity index (χ3n) is 1.92. The zero-order valence-electron chi connectivity index (χ0n) is 7.20. The highest BCUT2D eigenvalue weighted by Gasteiger charge is 2.39. The third kappa shape index (κ3) is 2.34. The summed E-state index contributed by atoms with van der Waals surface area (Å²) in [6.07, 6.45) is -4.32. The van der Waals surface area contributed by atoms with Crippen LogP contribution >= 0.6 is 23.2 Å². The highest BCUT2D eigenvalue weighted by atomic mass is 35.5. The molecule has 0 bridgehead atoms. The quantitative estimate of drug-likeness (QED) is 0.672.